The van der Waals surface area contributed by atoms with Crippen molar-refractivity contribution in [2.75, 3.05) is 0 Å². The van der Waals surface area contributed by atoms with Gasteiger partial charge >= 0.3 is 0 Å². The fourth-order valence-electron chi connectivity index (χ4n) is 6.27. The van der Waals surface area contributed by atoms with Gasteiger partial charge in [0.2, 0.25) is 0 Å². The largest absolute Gasteiger partial charge is 0.507 e. The molecule has 0 heterocycles. The second kappa shape index (κ2) is 17.4. The summed E-state index contributed by atoms with van der Waals surface area (Å²) in [6.45, 7) is 19.8. The summed E-state index contributed by atoms with van der Waals surface area (Å²) >= 11 is 0. The number of phenols is 2. The molecule has 0 atom stereocenters. The van der Waals surface area contributed by atoms with Crippen molar-refractivity contribution >= 4 is 0 Å². The van der Waals surface area contributed by atoms with Gasteiger partial charge in [0.05, 0.1) is 0 Å². The van der Waals surface area contributed by atoms with Crippen LogP contribution in [0, 0.1) is 0 Å². The van der Waals surface area contributed by atoms with E-state index in [1.807, 2.05) is 0 Å². The van der Waals surface area contributed by atoms with Gasteiger partial charge in [-0.25, -0.2) is 0 Å². The highest BCUT2D eigenvalue weighted by molar-refractivity contribution is 5.56. The zero-order chi connectivity index (χ0) is 31.3. The Kier molecular flexibility index (Phi) is 15.0. The molecule has 0 fully saturated rings. The van der Waals surface area contributed by atoms with Crippen LogP contribution < -0.4 is 0 Å². The van der Waals surface area contributed by atoms with Crippen LogP contribution in [-0.2, 0) is 23.7 Å². The molecule has 0 aliphatic heterocycles. The van der Waals surface area contributed by atoms with Crippen LogP contribution in [0.5, 0.6) is 11.5 Å². The first kappa shape index (κ1) is 36.2. The molecule has 0 aliphatic rings. The van der Waals surface area contributed by atoms with Gasteiger partial charge in [-0.2, -0.15) is 0 Å². The molecule has 0 saturated heterocycles. The van der Waals surface area contributed by atoms with Gasteiger partial charge in [-0.05, 0) is 58.8 Å². The number of aromatic hydroxyl groups is 2. The van der Waals surface area contributed by atoms with Gasteiger partial charge in [-0.15, -0.1) is 0 Å². The maximum Gasteiger partial charge on any atom is 0.123 e. The van der Waals surface area contributed by atoms with E-state index in [2.05, 4.69) is 86.6 Å². The van der Waals surface area contributed by atoms with Crippen LogP contribution in [0.4, 0.5) is 0 Å². The van der Waals surface area contributed by atoms with Gasteiger partial charge < -0.3 is 10.2 Å². The Morgan fingerprint density at radius 2 is 0.810 bits per heavy atom. The maximum absolute atomic E-state index is 11.6. The zero-order valence-corrected chi connectivity index (χ0v) is 29.1. The molecule has 0 spiro atoms. The fraction of sp³-hybridized carbons (Fsp3) is 0.700. The van der Waals surface area contributed by atoms with Crippen LogP contribution >= 0.6 is 0 Å². The van der Waals surface area contributed by atoms with Crippen molar-refractivity contribution in [3.8, 4) is 11.5 Å². The molecule has 0 bridgehead atoms. The summed E-state index contributed by atoms with van der Waals surface area (Å²) in [5.41, 5.74) is 6.22. The lowest BCUT2D eigenvalue weighted by atomic mass is 9.78. The van der Waals surface area contributed by atoms with Gasteiger partial charge in [0.15, 0.2) is 0 Å². The Bertz CT molecular complexity index is 981. The van der Waals surface area contributed by atoms with Crippen LogP contribution in [0.15, 0.2) is 24.3 Å². The smallest absolute Gasteiger partial charge is 0.123 e. The van der Waals surface area contributed by atoms with Crippen molar-refractivity contribution in [3.63, 3.8) is 0 Å². The SMILES string of the molecule is CCCCCCCCCc1cc(C(C)c2cc(CCCCCCCCC)cc(C(C)(C)C)c2O)c(O)c(C(C)(C)C)c1. The van der Waals surface area contributed by atoms with Crippen LogP contribution in [-0.4, -0.2) is 10.2 Å². The first-order valence-electron chi connectivity index (χ1n) is 17.5. The number of rotatable bonds is 18. The predicted molar refractivity (Wildman–Crippen MR) is 185 cm³/mol. The molecule has 42 heavy (non-hydrogen) atoms. The summed E-state index contributed by atoms with van der Waals surface area (Å²) in [4.78, 5) is 0. The third kappa shape index (κ3) is 11.3. The Labute approximate surface area is 260 Å². The van der Waals surface area contributed by atoms with Crippen molar-refractivity contribution in [3.05, 3.63) is 57.6 Å². The summed E-state index contributed by atoms with van der Waals surface area (Å²) in [7, 11) is 0. The molecular formula is C40H66O2. The average Bonchev–Trinajstić information content (AvgIpc) is 2.91. The second-order valence-corrected chi connectivity index (χ2v) is 15.1. The average molecular weight is 579 g/mol. The molecule has 2 N–H and O–H groups in total. The van der Waals surface area contributed by atoms with E-state index in [0.717, 1.165) is 35.1 Å². The lowest BCUT2D eigenvalue weighted by molar-refractivity contribution is 0.429. The summed E-state index contributed by atoms with van der Waals surface area (Å²) in [5, 5.41) is 23.3. The van der Waals surface area contributed by atoms with Crippen molar-refractivity contribution in [2.45, 2.75) is 182 Å². The molecule has 0 unspecified atom stereocenters. The lowest BCUT2D eigenvalue weighted by Gasteiger charge is -2.28. The minimum Gasteiger partial charge on any atom is -0.507 e. The Balaban J connectivity index is 2.36. The lowest BCUT2D eigenvalue weighted by Crippen LogP contribution is -2.15. The van der Waals surface area contributed by atoms with Crippen LogP contribution in [0.3, 0.4) is 0 Å². The van der Waals surface area contributed by atoms with Gasteiger partial charge in [0.25, 0.3) is 0 Å². The van der Waals surface area contributed by atoms with Gasteiger partial charge in [0, 0.05) is 17.0 Å². The van der Waals surface area contributed by atoms with Crippen molar-refractivity contribution in [2.24, 2.45) is 0 Å². The number of hydrogen-bond acceptors (Lipinski definition) is 2. The molecule has 238 valence electrons. The van der Waals surface area contributed by atoms with Crippen molar-refractivity contribution in [1.29, 1.82) is 0 Å². The van der Waals surface area contributed by atoms with Crippen molar-refractivity contribution in [1.82, 2.24) is 0 Å². The van der Waals surface area contributed by atoms with E-state index in [4.69, 9.17) is 0 Å². The number of aryl methyl sites for hydroxylation is 2. The molecule has 0 aromatic heterocycles. The molecule has 2 aromatic rings. The number of hydrogen-bond donors (Lipinski definition) is 2. The molecular weight excluding hydrogens is 512 g/mol. The van der Waals surface area contributed by atoms with Gasteiger partial charge in [-0.1, -0.05) is 164 Å². The fourth-order valence-corrected chi connectivity index (χ4v) is 6.27. The third-order valence-corrected chi connectivity index (χ3v) is 9.09. The zero-order valence-electron chi connectivity index (χ0n) is 29.1. The maximum atomic E-state index is 11.6. The van der Waals surface area contributed by atoms with Crippen LogP contribution in [0.2, 0.25) is 0 Å². The Morgan fingerprint density at radius 1 is 0.500 bits per heavy atom. The summed E-state index contributed by atoms with van der Waals surface area (Å²) in [6.07, 6.45) is 20.2. The monoisotopic (exact) mass is 579 g/mol. The summed E-state index contributed by atoms with van der Waals surface area (Å²) in [6, 6.07) is 8.93. The second-order valence-electron chi connectivity index (χ2n) is 15.1. The molecule has 2 aromatic carbocycles. The molecule has 0 aliphatic carbocycles. The van der Waals surface area contributed by atoms with Crippen LogP contribution in [0.25, 0.3) is 0 Å². The van der Waals surface area contributed by atoms with E-state index >= 15 is 0 Å². The van der Waals surface area contributed by atoms with E-state index in [9.17, 15) is 10.2 Å². The molecule has 2 nitrogen and oxygen atoms in total. The van der Waals surface area contributed by atoms with E-state index in [0.29, 0.717) is 11.5 Å². The molecule has 2 rings (SSSR count). The van der Waals surface area contributed by atoms with Gasteiger partial charge in [-0.3, -0.25) is 0 Å². The Hall–Kier alpha value is -1.96. The minimum atomic E-state index is -0.160. The molecule has 0 saturated carbocycles. The number of phenolic OH excluding ortho intramolecular Hbond substituents is 2. The summed E-state index contributed by atoms with van der Waals surface area (Å²) in [5.74, 6) is 0.690. The quantitative estimate of drug-likeness (QED) is 0.173. The van der Waals surface area contributed by atoms with Gasteiger partial charge in [0.1, 0.15) is 11.5 Å². The van der Waals surface area contributed by atoms with E-state index < -0.39 is 0 Å². The molecule has 2 heteroatoms. The first-order valence-corrected chi connectivity index (χ1v) is 17.5. The van der Waals surface area contributed by atoms with E-state index in [-0.39, 0.29) is 16.7 Å². The summed E-state index contributed by atoms with van der Waals surface area (Å²) < 4.78 is 0. The number of benzene rings is 2. The molecule has 0 amide bonds. The highest BCUT2D eigenvalue weighted by Crippen LogP contribution is 2.44. The van der Waals surface area contributed by atoms with E-state index in [1.165, 1.54) is 101 Å². The van der Waals surface area contributed by atoms with E-state index in [1.54, 1.807) is 0 Å². The van der Waals surface area contributed by atoms with Crippen molar-refractivity contribution < 1.29 is 10.2 Å². The number of unbranched alkanes of at least 4 members (excludes halogenated alkanes) is 12. The topological polar surface area (TPSA) is 40.5 Å². The minimum absolute atomic E-state index is 0.102. The Morgan fingerprint density at radius 3 is 1.12 bits per heavy atom. The third-order valence-electron chi connectivity index (χ3n) is 9.09. The highest BCUT2D eigenvalue weighted by Gasteiger charge is 2.28. The first-order chi connectivity index (χ1) is 19.8. The standard InChI is InChI=1S/C40H66O2/c1-10-12-14-16-18-20-22-24-31-26-33(37(41)35(28-31)39(4,5)6)30(3)34-27-32(25-23-21-19-17-15-13-11-2)29-36(38(34)42)40(7,8)9/h26-30,41-42H,10-25H2,1-9H3. The normalized spacial score (nSPS) is 12.4. The highest BCUT2D eigenvalue weighted by atomic mass is 16.3. The molecule has 0 radical (unpaired) electrons. The van der Waals surface area contributed by atoms with Crippen LogP contribution in [0.1, 0.15) is 192 Å². The predicted octanol–water partition coefficient (Wildman–Crippen LogP) is 12.4.